The highest BCUT2D eigenvalue weighted by molar-refractivity contribution is 6.31. The predicted octanol–water partition coefficient (Wildman–Crippen LogP) is 5.44. The predicted molar refractivity (Wildman–Crippen MR) is 159 cm³/mol. The van der Waals surface area contributed by atoms with E-state index in [0.29, 0.717) is 17.8 Å². The first-order valence-corrected chi connectivity index (χ1v) is 14.8. The first-order valence-electron chi connectivity index (χ1n) is 14.4. The molecular weight excluding hydrogens is 655 g/mol. The zero-order valence-corrected chi connectivity index (χ0v) is 25.9. The third kappa shape index (κ3) is 6.77. The maximum absolute atomic E-state index is 15.6. The van der Waals surface area contributed by atoms with Crippen LogP contribution in [-0.4, -0.2) is 70.2 Å². The number of piperidine rings is 1. The van der Waals surface area contributed by atoms with Crippen LogP contribution in [0.4, 0.5) is 22.0 Å². The smallest absolute Gasteiger partial charge is 0.418 e. The molecule has 47 heavy (non-hydrogen) atoms. The van der Waals surface area contributed by atoms with Crippen molar-refractivity contribution >= 4 is 29.4 Å². The summed E-state index contributed by atoms with van der Waals surface area (Å²) in [5.74, 6) is -8.56. The summed E-state index contributed by atoms with van der Waals surface area (Å²) in [5, 5.41) is 31.8. The number of halogens is 6. The standard InChI is InChI=1S/C31H32ClF5N4O6/c1-16-30(28(45)46,14-22(42)38-11-6-12-47-23-13-20(40-41-23)17-7-4-3-5-8-17)26(29(2,27(43)44)21(15-33)39-16)24-19(34)10-9-18(32)25(24)31(35,36)37/h3-5,7-10,13,16,21,26,39H,6,11-12,14-15H2,1-2H3,(H,38,42)(H,40,41)(H,43,44)(H,45,46). The van der Waals surface area contributed by atoms with E-state index >= 15 is 4.39 Å². The van der Waals surface area contributed by atoms with Gasteiger partial charge in [-0.05, 0) is 38.0 Å². The molecule has 5 unspecified atom stereocenters. The van der Waals surface area contributed by atoms with Crippen LogP contribution < -0.4 is 15.4 Å². The lowest BCUT2D eigenvalue weighted by molar-refractivity contribution is -0.176. The number of carboxylic acid groups (broad SMARTS) is 2. The second-order valence-corrected chi connectivity index (χ2v) is 11.9. The molecule has 0 radical (unpaired) electrons. The molecule has 0 spiro atoms. The van der Waals surface area contributed by atoms with E-state index in [-0.39, 0.29) is 25.5 Å². The van der Waals surface area contributed by atoms with Gasteiger partial charge in [0.15, 0.2) is 0 Å². The number of aromatic amines is 1. The number of carbonyl (C=O) groups is 3. The highest BCUT2D eigenvalue weighted by Gasteiger charge is 2.68. The normalized spacial score (nSPS) is 24.5. The van der Waals surface area contributed by atoms with Gasteiger partial charge in [0.25, 0.3) is 0 Å². The third-order valence-corrected chi connectivity index (χ3v) is 9.09. The Hall–Kier alpha value is -4.24. The summed E-state index contributed by atoms with van der Waals surface area (Å²) in [6.45, 7) is 0.504. The molecule has 1 amide bonds. The monoisotopic (exact) mass is 686 g/mol. The van der Waals surface area contributed by atoms with Crippen molar-refractivity contribution in [2.24, 2.45) is 10.8 Å². The number of aromatic nitrogens is 2. The van der Waals surface area contributed by atoms with E-state index in [1.165, 1.54) is 0 Å². The van der Waals surface area contributed by atoms with Gasteiger partial charge in [0, 0.05) is 36.6 Å². The summed E-state index contributed by atoms with van der Waals surface area (Å²) in [4.78, 5) is 39.2. The first kappa shape index (κ1) is 35.6. The van der Waals surface area contributed by atoms with Gasteiger partial charge in [-0.15, -0.1) is 5.10 Å². The summed E-state index contributed by atoms with van der Waals surface area (Å²) in [6.07, 6.45) is -6.28. The fourth-order valence-electron chi connectivity index (χ4n) is 6.37. The molecule has 3 aromatic rings. The maximum atomic E-state index is 15.6. The zero-order valence-electron chi connectivity index (χ0n) is 25.1. The van der Waals surface area contributed by atoms with Gasteiger partial charge < -0.3 is 25.6 Å². The molecule has 1 aromatic heterocycles. The molecule has 0 saturated carbocycles. The van der Waals surface area contributed by atoms with Crippen LogP contribution in [0.25, 0.3) is 11.3 Å². The summed E-state index contributed by atoms with van der Waals surface area (Å²) in [5.41, 5.74) is -7.05. The van der Waals surface area contributed by atoms with Gasteiger partial charge in [-0.1, -0.05) is 41.9 Å². The maximum Gasteiger partial charge on any atom is 0.418 e. The highest BCUT2D eigenvalue weighted by atomic mass is 35.5. The lowest BCUT2D eigenvalue weighted by atomic mass is 9.50. The van der Waals surface area contributed by atoms with Gasteiger partial charge in [0.2, 0.25) is 11.8 Å². The summed E-state index contributed by atoms with van der Waals surface area (Å²) in [7, 11) is 0. The Balaban J connectivity index is 1.62. The molecule has 2 aromatic carbocycles. The number of ether oxygens (including phenoxy) is 1. The van der Waals surface area contributed by atoms with E-state index in [0.717, 1.165) is 19.4 Å². The van der Waals surface area contributed by atoms with Gasteiger partial charge in [-0.2, -0.15) is 13.2 Å². The van der Waals surface area contributed by atoms with Gasteiger partial charge in [-0.25, -0.2) is 8.78 Å². The minimum Gasteiger partial charge on any atom is -0.481 e. The number of carbonyl (C=O) groups excluding carboxylic acids is 1. The number of rotatable bonds is 12. The van der Waals surface area contributed by atoms with Gasteiger partial charge in [0.05, 0.1) is 39.8 Å². The van der Waals surface area contributed by atoms with E-state index in [1.807, 2.05) is 30.3 Å². The van der Waals surface area contributed by atoms with Crippen LogP contribution in [0, 0.1) is 16.6 Å². The Bertz CT molecular complexity index is 1620. The largest absolute Gasteiger partial charge is 0.481 e. The quantitative estimate of drug-likeness (QED) is 0.125. The average molecular weight is 687 g/mol. The van der Waals surface area contributed by atoms with Gasteiger partial charge in [0.1, 0.15) is 12.5 Å². The fraction of sp³-hybridized carbons (Fsp3) is 0.419. The molecule has 1 fully saturated rings. The molecule has 4 rings (SSSR count). The molecule has 16 heteroatoms. The fourth-order valence-corrected chi connectivity index (χ4v) is 6.64. The van der Waals surface area contributed by atoms with Crippen molar-refractivity contribution in [1.82, 2.24) is 20.8 Å². The Kier molecular flexibility index (Phi) is 10.5. The molecule has 5 N–H and O–H groups in total. The molecule has 2 heterocycles. The summed E-state index contributed by atoms with van der Waals surface area (Å²) < 4.78 is 78.8. The molecule has 1 aliphatic heterocycles. The third-order valence-electron chi connectivity index (χ3n) is 8.77. The van der Waals surface area contributed by atoms with E-state index in [1.54, 1.807) is 6.07 Å². The van der Waals surface area contributed by atoms with Crippen molar-refractivity contribution in [2.75, 3.05) is 19.8 Å². The average Bonchev–Trinajstić information content (AvgIpc) is 3.48. The molecule has 1 aliphatic rings. The minimum absolute atomic E-state index is 0.0575. The zero-order chi connectivity index (χ0) is 34.7. The topological polar surface area (TPSA) is 154 Å². The van der Waals surface area contributed by atoms with Crippen LogP contribution in [-0.2, 0) is 20.6 Å². The lowest BCUT2D eigenvalue weighted by Gasteiger charge is -2.56. The van der Waals surface area contributed by atoms with Crippen LogP contribution in [0.1, 0.15) is 43.7 Å². The molecule has 5 atom stereocenters. The van der Waals surface area contributed by atoms with E-state index in [2.05, 4.69) is 20.8 Å². The van der Waals surface area contributed by atoms with Crippen LogP contribution in [0.2, 0.25) is 5.02 Å². The number of amides is 1. The van der Waals surface area contributed by atoms with Gasteiger partial charge in [-0.3, -0.25) is 19.5 Å². The molecule has 254 valence electrons. The number of hydrogen-bond acceptors (Lipinski definition) is 6. The van der Waals surface area contributed by atoms with E-state index in [4.69, 9.17) is 16.3 Å². The Labute approximate surface area is 270 Å². The number of hydrogen-bond donors (Lipinski definition) is 5. The van der Waals surface area contributed by atoms with Crippen molar-refractivity contribution in [3.63, 3.8) is 0 Å². The van der Waals surface area contributed by atoms with Crippen LogP contribution >= 0.6 is 11.6 Å². The summed E-state index contributed by atoms with van der Waals surface area (Å²) in [6, 6.07) is 8.80. The number of benzene rings is 2. The van der Waals surface area contributed by atoms with Crippen molar-refractivity contribution in [3.8, 4) is 17.1 Å². The number of nitrogens with one attached hydrogen (secondary N) is 3. The molecule has 0 aliphatic carbocycles. The van der Waals surface area contributed by atoms with Gasteiger partial charge >= 0.3 is 18.1 Å². The minimum atomic E-state index is -5.38. The molecule has 1 saturated heterocycles. The highest BCUT2D eigenvalue weighted by Crippen LogP contribution is 2.60. The van der Waals surface area contributed by atoms with Crippen LogP contribution in [0.5, 0.6) is 5.88 Å². The van der Waals surface area contributed by atoms with E-state index < -0.39 is 87.9 Å². The Morgan fingerprint density at radius 2 is 1.79 bits per heavy atom. The molecule has 0 bridgehead atoms. The Morgan fingerprint density at radius 3 is 2.38 bits per heavy atom. The Morgan fingerprint density at radius 1 is 1.11 bits per heavy atom. The number of nitrogens with zero attached hydrogens (tertiary/aromatic N) is 1. The second kappa shape index (κ2) is 13.9. The van der Waals surface area contributed by atoms with E-state index in [9.17, 15) is 42.2 Å². The number of H-pyrrole nitrogens is 1. The van der Waals surface area contributed by atoms with Crippen LogP contribution in [0.3, 0.4) is 0 Å². The van der Waals surface area contributed by atoms with Crippen molar-refractivity contribution in [1.29, 1.82) is 0 Å². The molecule has 10 nitrogen and oxygen atoms in total. The number of carboxylic acids is 2. The van der Waals surface area contributed by atoms with Crippen molar-refractivity contribution in [3.05, 3.63) is 70.5 Å². The molecular formula is C31H32ClF5N4O6. The second-order valence-electron chi connectivity index (χ2n) is 11.5. The van der Waals surface area contributed by atoms with Crippen LogP contribution in [0.15, 0.2) is 48.5 Å². The SMILES string of the molecule is CC1NC(CF)C(C)(C(=O)O)C(c2c(F)ccc(Cl)c2C(F)(F)F)C1(CC(=O)NCCCOc1cc(-c2ccccc2)[nH]n1)C(=O)O. The van der Waals surface area contributed by atoms with Crippen molar-refractivity contribution < 1.29 is 51.3 Å². The number of aliphatic carboxylic acids is 2. The van der Waals surface area contributed by atoms with Crippen molar-refractivity contribution in [2.45, 2.75) is 50.9 Å². The first-order chi connectivity index (χ1) is 22.1. The summed E-state index contributed by atoms with van der Waals surface area (Å²) >= 11 is 5.87. The lowest BCUT2D eigenvalue weighted by Crippen LogP contribution is -2.71. The number of alkyl halides is 4.